The molecule has 0 bridgehead atoms. The second-order valence-electron chi connectivity index (χ2n) is 5.23. The summed E-state index contributed by atoms with van der Waals surface area (Å²) in [5.74, 6) is -0.856. The first-order valence-corrected chi connectivity index (χ1v) is 8.37. The first kappa shape index (κ1) is 17.3. The highest BCUT2D eigenvalue weighted by Gasteiger charge is 2.17. The third-order valence-electron chi connectivity index (χ3n) is 3.54. The van der Waals surface area contributed by atoms with Crippen LogP contribution >= 0.6 is 11.3 Å². The maximum atomic E-state index is 11.3. The van der Waals surface area contributed by atoms with Crippen LogP contribution in [-0.4, -0.2) is 33.1 Å². The number of carboxylic acid groups (broad SMARTS) is 1. The molecule has 0 amide bonds. The van der Waals surface area contributed by atoms with Crippen LogP contribution in [-0.2, 0) is 0 Å². The zero-order valence-electron chi connectivity index (χ0n) is 13.9. The predicted octanol–water partition coefficient (Wildman–Crippen LogP) is 3.26. The number of hydrogen-bond donors (Lipinski definition) is 3. The van der Waals surface area contributed by atoms with Crippen LogP contribution in [0, 0.1) is 18.3 Å². The van der Waals surface area contributed by atoms with Gasteiger partial charge in [0.25, 0.3) is 0 Å². The topological polar surface area (TPSA) is 124 Å². The predicted molar refractivity (Wildman–Crippen MR) is 98.8 cm³/mol. The van der Waals surface area contributed by atoms with E-state index in [-0.39, 0.29) is 11.5 Å². The van der Waals surface area contributed by atoms with Gasteiger partial charge in [-0.3, -0.25) is 0 Å². The molecule has 2 aromatic heterocycles. The Morgan fingerprint density at radius 2 is 2.08 bits per heavy atom. The van der Waals surface area contributed by atoms with Crippen LogP contribution in [0.15, 0.2) is 30.5 Å². The lowest BCUT2D eigenvalue weighted by molar-refractivity contribution is 0.0698. The van der Waals surface area contributed by atoms with Gasteiger partial charge >= 0.3 is 5.97 Å². The van der Waals surface area contributed by atoms with Gasteiger partial charge < -0.3 is 15.7 Å². The number of thiazole rings is 1. The quantitative estimate of drug-likeness (QED) is 0.628. The van der Waals surface area contributed by atoms with Gasteiger partial charge in [-0.15, -0.1) is 0 Å². The number of nitrogens with one attached hydrogen (secondary N) is 2. The Morgan fingerprint density at radius 1 is 1.31 bits per heavy atom. The van der Waals surface area contributed by atoms with Crippen molar-refractivity contribution < 1.29 is 9.90 Å². The molecule has 0 aliphatic rings. The number of carbonyl (C=O) groups is 1. The number of nitriles is 1. The van der Waals surface area contributed by atoms with Crippen molar-refractivity contribution in [2.24, 2.45) is 0 Å². The Balaban J connectivity index is 2.05. The third-order valence-corrected chi connectivity index (χ3v) is 4.72. The summed E-state index contributed by atoms with van der Waals surface area (Å²) in [6.45, 7) is 1.84. The van der Waals surface area contributed by atoms with Gasteiger partial charge in [0.05, 0.1) is 33.6 Å². The smallest absolute Gasteiger partial charge is 0.337 e. The van der Waals surface area contributed by atoms with E-state index in [1.54, 1.807) is 25.2 Å². The lowest BCUT2D eigenvalue weighted by atomic mass is 10.2. The minimum atomic E-state index is -1.06. The molecule has 26 heavy (non-hydrogen) atoms. The molecule has 3 rings (SSSR count). The fraction of sp³-hybridized carbons (Fsp3) is 0.118. The van der Waals surface area contributed by atoms with Crippen molar-refractivity contribution >= 4 is 34.1 Å². The van der Waals surface area contributed by atoms with Crippen molar-refractivity contribution in [3.05, 3.63) is 47.3 Å². The van der Waals surface area contributed by atoms with E-state index in [0.717, 1.165) is 10.6 Å². The molecule has 3 N–H and O–H groups in total. The van der Waals surface area contributed by atoms with Gasteiger partial charge in [-0.25, -0.2) is 19.7 Å². The lowest BCUT2D eigenvalue weighted by Gasteiger charge is -2.09. The van der Waals surface area contributed by atoms with E-state index in [1.165, 1.54) is 23.6 Å². The van der Waals surface area contributed by atoms with Crippen LogP contribution in [0.1, 0.15) is 21.6 Å². The maximum absolute atomic E-state index is 11.3. The molecule has 2 heterocycles. The average Bonchev–Trinajstić information content (AvgIpc) is 3.02. The van der Waals surface area contributed by atoms with Crippen LogP contribution < -0.4 is 10.6 Å². The van der Waals surface area contributed by atoms with Crippen LogP contribution in [0.2, 0.25) is 0 Å². The number of aromatic nitrogens is 3. The van der Waals surface area contributed by atoms with Gasteiger partial charge in [0.2, 0.25) is 5.95 Å². The molecule has 9 heteroatoms. The Bertz CT molecular complexity index is 1020. The van der Waals surface area contributed by atoms with Crippen LogP contribution in [0.3, 0.4) is 0 Å². The number of aryl methyl sites for hydroxylation is 1. The zero-order valence-corrected chi connectivity index (χ0v) is 14.8. The summed E-state index contributed by atoms with van der Waals surface area (Å²) >= 11 is 1.38. The number of benzene rings is 1. The van der Waals surface area contributed by atoms with Crippen LogP contribution in [0.25, 0.3) is 10.6 Å². The van der Waals surface area contributed by atoms with Gasteiger partial charge in [0.1, 0.15) is 11.8 Å². The van der Waals surface area contributed by atoms with E-state index >= 15 is 0 Å². The molecule has 0 unspecified atom stereocenters. The summed E-state index contributed by atoms with van der Waals surface area (Å²) in [4.78, 5) is 25.0. The highest BCUT2D eigenvalue weighted by molar-refractivity contribution is 7.19. The molecule has 8 nitrogen and oxygen atoms in total. The van der Waals surface area contributed by atoms with E-state index in [1.807, 2.05) is 6.92 Å². The second-order valence-corrected chi connectivity index (χ2v) is 6.23. The van der Waals surface area contributed by atoms with Crippen molar-refractivity contribution in [2.75, 3.05) is 17.7 Å². The molecule has 0 fully saturated rings. The van der Waals surface area contributed by atoms with Crippen molar-refractivity contribution in [3.8, 4) is 16.6 Å². The van der Waals surface area contributed by atoms with Gasteiger partial charge in [0.15, 0.2) is 5.13 Å². The van der Waals surface area contributed by atoms with E-state index in [4.69, 9.17) is 0 Å². The van der Waals surface area contributed by atoms with Gasteiger partial charge in [-0.05, 0) is 19.1 Å². The fourth-order valence-electron chi connectivity index (χ4n) is 2.32. The molecule has 0 saturated heterocycles. The van der Waals surface area contributed by atoms with E-state index in [9.17, 15) is 15.2 Å². The summed E-state index contributed by atoms with van der Waals surface area (Å²) in [6, 6.07) is 8.55. The van der Waals surface area contributed by atoms with Crippen LogP contribution in [0.5, 0.6) is 0 Å². The highest BCUT2D eigenvalue weighted by atomic mass is 32.1. The molecule has 1 aromatic carbocycles. The summed E-state index contributed by atoms with van der Waals surface area (Å²) in [5.41, 5.74) is 1.98. The lowest BCUT2D eigenvalue weighted by Crippen LogP contribution is -2.05. The maximum Gasteiger partial charge on any atom is 0.337 e. The summed E-state index contributed by atoms with van der Waals surface area (Å²) in [7, 11) is 1.77. The Labute approximate surface area is 153 Å². The Morgan fingerprint density at radius 3 is 2.73 bits per heavy atom. The van der Waals surface area contributed by atoms with Crippen molar-refractivity contribution in [1.82, 2.24) is 15.0 Å². The van der Waals surface area contributed by atoms with Crippen molar-refractivity contribution in [2.45, 2.75) is 6.92 Å². The van der Waals surface area contributed by atoms with Crippen molar-refractivity contribution in [1.29, 1.82) is 5.26 Å². The molecule has 0 aliphatic heterocycles. The molecular formula is C17H14N6O2S. The normalized spacial score (nSPS) is 10.2. The van der Waals surface area contributed by atoms with E-state index < -0.39 is 5.97 Å². The number of aromatic carboxylic acids is 1. The van der Waals surface area contributed by atoms with Crippen LogP contribution in [0.4, 0.5) is 16.8 Å². The number of para-hydroxylation sites is 1. The fourth-order valence-corrected chi connectivity index (χ4v) is 3.24. The molecule has 130 valence electrons. The molecule has 0 saturated carbocycles. The first-order valence-electron chi connectivity index (χ1n) is 7.55. The number of rotatable bonds is 5. The van der Waals surface area contributed by atoms with Gasteiger partial charge in [-0.1, -0.05) is 23.5 Å². The van der Waals surface area contributed by atoms with E-state index in [0.29, 0.717) is 22.1 Å². The number of anilines is 3. The molecule has 0 spiro atoms. The van der Waals surface area contributed by atoms with Crippen molar-refractivity contribution in [3.63, 3.8) is 0 Å². The highest BCUT2D eigenvalue weighted by Crippen LogP contribution is 2.33. The zero-order chi connectivity index (χ0) is 18.7. The Hall–Kier alpha value is -3.51. The minimum absolute atomic E-state index is 0.105. The number of carboxylic acids is 1. The number of nitrogens with zero attached hydrogens (tertiary/aromatic N) is 4. The van der Waals surface area contributed by atoms with Gasteiger partial charge in [0, 0.05) is 7.05 Å². The average molecular weight is 366 g/mol. The molecule has 0 radical (unpaired) electrons. The molecule has 0 atom stereocenters. The Kier molecular flexibility index (Phi) is 4.77. The van der Waals surface area contributed by atoms with Gasteiger partial charge in [-0.2, -0.15) is 5.26 Å². The summed E-state index contributed by atoms with van der Waals surface area (Å²) in [6.07, 6.45) is 1.41. The minimum Gasteiger partial charge on any atom is -0.478 e. The first-order chi connectivity index (χ1) is 12.5. The molecule has 0 aliphatic carbocycles. The van der Waals surface area contributed by atoms with E-state index in [2.05, 4.69) is 31.7 Å². The summed E-state index contributed by atoms with van der Waals surface area (Å²) in [5, 5.41) is 25.3. The number of hydrogen-bond acceptors (Lipinski definition) is 8. The summed E-state index contributed by atoms with van der Waals surface area (Å²) < 4.78 is 0. The largest absolute Gasteiger partial charge is 0.478 e. The molecule has 3 aromatic rings. The molecular weight excluding hydrogens is 352 g/mol. The standard InChI is InChI=1S/C17H14N6O2S/c1-9-14(26-17(19-2)21-9)13-10(7-18)8-20-16(23-13)22-12-6-4-3-5-11(12)15(24)25/h3-6,8H,1-2H3,(H,19,21)(H,24,25)(H,20,22,23). The SMILES string of the molecule is CNc1nc(C)c(-c2nc(Nc3ccccc3C(=O)O)ncc2C#N)s1. The second kappa shape index (κ2) is 7.16. The third kappa shape index (κ3) is 3.31. The monoisotopic (exact) mass is 366 g/mol.